The number of nitrogens with zero attached hydrogens (tertiary/aromatic N) is 3. The van der Waals surface area contributed by atoms with Crippen molar-refractivity contribution < 1.29 is 4.79 Å². The third-order valence-electron chi connectivity index (χ3n) is 4.76. The lowest BCUT2D eigenvalue weighted by molar-refractivity contribution is -0.113. The number of rotatable bonds is 6. The van der Waals surface area contributed by atoms with Gasteiger partial charge in [0, 0.05) is 17.4 Å². The van der Waals surface area contributed by atoms with E-state index in [1.54, 1.807) is 12.1 Å². The normalized spacial score (nSPS) is 18.1. The third kappa shape index (κ3) is 4.26. The van der Waals surface area contributed by atoms with E-state index < -0.39 is 0 Å². The molecule has 1 heterocycles. The highest BCUT2D eigenvalue weighted by Gasteiger charge is 2.42. The van der Waals surface area contributed by atoms with E-state index in [4.69, 9.17) is 11.6 Å². The fourth-order valence-corrected chi connectivity index (χ4v) is 4.67. The van der Waals surface area contributed by atoms with Crippen molar-refractivity contribution in [2.45, 2.75) is 23.4 Å². The third-order valence-corrected chi connectivity index (χ3v) is 6.58. The highest BCUT2D eigenvalue weighted by Crippen LogP contribution is 2.54. The summed E-state index contributed by atoms with van der Waals surface area (Å²) in [5.41, 5.74) is 1.94. The van der Waals surface area contributed by atoms with Crippen LogP contribution in [-0.4, -0.2) is 26.4 Å². The average Bonchev–Trinajstić information content (AvgIpc) is 3.39. The van der Waals surface area contributed by atoms with Gasteiger partial charge in [-0.15, -0.1) is 10.2 Å². The van der Waals surface area contributed by atoms with Gasteiger partial charge in [0.15, 0.2) is 5.16 Å². The Balaban J connectivity index is 1.35. The van der Waals surface area contributed by atoms with Crippen LogP contribution in [0.15, 0.2) is 58.2 Å². The molecule has 4 rings (SSSR count). The Morgan fingerprint density at radius 1 is 1.25 bits per heavy atom. The van der Waals surface area contributed by atoms with E-state index in [-0.39, 0.29) is 11.7 Å². The van der Waals surface area contributed by atoms with Gasteiger partial charge < -0.3 is 9.88 Å². The summed E-state index contributed by atoms with van der Waals surface area (Å²) in [6.45, 7) is 0. The lowest BCUT2D eigenvalue weighted by Crippen LogP contribution is -2.14. The molecule has 0 aliphatic heterocycles. The van der Waals surface area contributed by atoms with Gasteiger partial charge in [-0.25, -0.2) is 0 Å². The quantitative estimate of drug-likeness (QED) is 0.494. The van der Waals surface area contributed by atoms with Crippen molar-refractivity contribution >= 4 is 50.9 Å². The highest BCUT2D eigenvalue weighted by molar-refractivity contribution is 9.10. The van der Waals surface area contributed by atoms with E-state index in [0.29, 0.717) is 22.5 Å². The number of amides is 1. The Labute approximate surface area is 181 Å². The Kier molecular flexibility index (Phi) is 5.75. The molecule has 8 heteroatoms. The van der Waals surface area contributed by atoms with Gasteiger partial charge >= 0.3 is 0 Å². The van der Waals surface area contributed by atoms with E-state index in [0.717, 1.165) is 21.9 Å². The van der Waals surface area contributed by atoms with Crippen LogP contribution in [0.5, 0.6) is 0 Å². The Morgan fingerprint density at radius 2 is 2.04 bits per heavy atom. The number of benzene rings is 2. The minimum atomic E-state index is -0.132. The van der Waals surface area contributed by atoms with Crippen molar-refractivity contribution in [3.05, 3.63) is 69.4 Å². The summed E-state index contributed by atoms with van der Waals surface area (Å²) in [5, 5.41) is 12.7. The molecule has 2 atom stereocenters. The van der Waals surface area contributed by atoms with E-state index >= 15 is 0 Å². The molecule has 28 heavy (non-hydrogen) atoms. The lowest BCUT2D eigenvalue weighted by Gasteiger charge is -2.07. The molecular formula is C20H18BrClN4OS. The molecule has 1 aromatic heterocycles. The maximum absolute atomic E-state index is 12.3. The smallest absolute Gasteiger partial charge is 0.234 e. The number of anilines is 1. The number of hydrogen-bond donors (Lipinski definition) is 1. The van der Waals surface area contributed by atoms with Crippen LogP contribution in [0.3, 0.4) is 0 Å². The topological polar surface area (TPSA) is 59.8 Å². The fraction of sp³-hybridized carbons (Fsp3) is 0.250. The molecule has 1 saturated carbocycles. The van der Waals surface area contributed by atoms with Crippen LogP contribution >= 0.6 is 39.3 Å². The number of aromatic nitrogens is 3. The Bertz CT molecular complexity index is 1010. The molecule has 1 amide bonds. The van der Waals surface area contributed by atoms with Crippen molar-refractivity contribution in [3.8, 4) is 0 Å². The summed E-state index contributed by atoms with van der Waals surface area (Å²) in [4.78, 5) is 12.3. The maximum Gasteiger partial charge on any atom is 0.234 e. The molecule has 144 valence electrons. The monoisotopic (exact) mass is 476 g/mol. The molecule has 0 bridgehead atoms. The number of hydrogen-bond acceptors (Lipinski definition) is 4. The summed E-state index contributed by atoms with van der Waals surface area (Å²) in [5.74, 6) is 1.99. The number of thioether (sulfide) groups is 1. The van der Waals surface area contributed by atoms with Crippen LogP contribution in [0.4, 0.5) is 5.69 Å². The lowest BCUT2D eigenvalue weighted by atomic mass is 10.1. The Hall–Kier alpha value is -1.83. The Morgan fingerprint density at radius 3 is 2.79 bits per heavy atom. The first-order chi connectivity index (χ1) is 13.5. The van der Waals surface area contributed by atoms with E-state index in [2.05, 4.69) is 55.7 Å². The first kappa shape index (κ1) is 19.5. The largest absolute Gasteiger partial charge is 0.324 e. The first-order valence-corrected chi connectivity index (χ1v) is 11.0. The predicted octanol–water partition coefficient (Wildman–Crippen LogP) is 5.23. The van der Waals surface area contributed by atoms with Crippen molar-refractivity contribution in [1.29, 1.82) is 0 Å². The number of carbonyl (C=O) groups excluding carboxylic acids is 1. The van der Waals surface area contributed by atoms with Gasteiger partial charge in [-0.05, 0) is 36.1 Å². The van der Waals surface area contributed by atoms with E-state index in [1.807, 2.05) is 23.7 Å². The zero-order chi connectivity index (χ0) is 19.7. The molecule has 3 aromatic rings. The van der Waals surface area contributed by atoms with Gasteiger partial charge in [0.25, 0.3) is 0 Å². The zero-order valence-electron chi connectivity index (χ0n) is 15.1. The van der Waals surface area contributed by atoms with Crippen molar-refractivity contribution in [2.24, 2.45) is 7.05 Å². The number of carbonyl (C=O) groups is 1. The van der Waals surface area contributed by atoms with Crippen LogP contribution in [0.1, 0.15) is 29.6 Å². The van der Waals surface area contributed by atoms with Crippen LogP contribution in [0, 0.1) is 0 Å². The predicted molar refractivity (Wildman–Crippen MR) is 116 cm³/mol. The second-order valence-electron chi connectivity index (χ2n) is 6.72. The highest BCUT2D eigenvalue weighted by atomic mass is 79.9. The van der Waals surface area contributed by atoms with Gasteiger partial charge in [0.2, 0.25) is 5.91 Å². The van der Waals surface area contributed by atoms with Gasteiger partial charge in [0.05, 0.1) is 16.5 Å². The van der Waals surface area contributed by atoms with Gasteiger partial charge in [-0.1, -0.05) is 69.6 Å². The minimum Gasteiger partial charge on any atom is -0.324 e. The molecule has 2 aromatic carbocycles. The van der Waals surface area contributed by atoms with Crippen LogP contribution in [0.25, 0.3) is 0 Å². The second kappa shape index (κ2) is 8.27. The summed E-state index contributed by atoms with van der Waals surface area (Å²) in [7, 11) is 1.96. The molecule has 1 aliphatic rings. The molecule has 1 fully saturated rings. The van der Waals surface area contributed by atoms with Gasteiger partial charge in [-0.3, -0.25) is 4.79 Å². The summed E-state index contributed by atoms with van der Waals surface area (Å²) in [6.07, 6.45) is 1.09. The summed E-state index contributed by atoms with van der Waals surface area (Å²) in [6, 6.07) is 15.8. The van der Waals surface area contributed by atoms with E-state index in [9.17, 15) is 4.79 Å². The molecule has 1 N–H and O–H groups in total. The van der Waals surface area contributed by atoms with Crippen LogP contribution in [-0.2, 0) is 11.8 Å². The average molecular weight is 478 g/mol. The number of nitrogens with one attached hydrogen (secondary N) is 1. The second-order valence-corrected chi connectivity index (χ2v) is 8.99. The molecule has 2 unspecified atom stereocenters. The van der Waals surface area contributed by atoms with Crippen molar-refractivity contribution in [3.63, 3.8) is 0 Å². The van der Waals surface area contributed by atoms with Crippen LogP contribution in [0.2, 0.25) is 5.02 Å². The molecule has 1 aliphatic carbocycles. The number of halogens is 2. The van der Waals surface area contributed by atoms with Crippen molar-refractivity contribution in [1.82, 2.24) is 14.8 Å². The molecule has 5 nitrogen and oxygen atoms in total. The van der Waals surface area contributed by atoms with Crippen molar-refractivity contribution in [2.75, 3.05) is 11.1 Å². The van der Waals surface area contributed by atoms with Gasteiger partial charge in [-0.2, -0.15) is 0 Å². The standard InChI is InChI=1S/C20H18BrClN4OS/c1-26-19(15-10-14(15)12-5-3-2-4-6-12)24-25-20(26)28-11-18(27)23-17-8-7-13(21)9-16(17)22/h2-9,14-15H,10-11H2,1H3,(H,23,27). The molecule has 0 spiro atoms. The summed E-state index contributed by atoms with van der Waals surface area (Å²) < 4.78 is 2.86. The summed E-state index contributed by atoms with van der Waals surface area (Å²) >= 11 is 10.9. The van der Waals surface area contributed by atoms with Gasteiger partial charge in [0.1, 0.15) is 5.82 Å². The SMILES string of the molecule is Cn1c(SCC(=O)Nc2ccc(Br)cc2Cl)nnc1C1CC1c1ccccc1. The van der Waals surface area contributed by atoms with E-state index in [1.165, 1.54) is 17.3 Å². The first-order valence-electron chi connectivity index (χ1n) is 8.85. The maximum atomic E-state index is 12.3. The molecule has 0 saturated heterocycles. The fourth-order valence-electron chi connectivity index (χ4n) is 3.23. The molecule has 0 radical (unpaired) electrons. The minimum absolute atomic E-state index is 0.132. The zero-order valence-corrected chi connectivity index (χ0v) is 18.3. The van der Waals surface area contributed by atoms with Crippen LogP contribution < -0.4 is 5.32 Å². The molecular weight excluding hydrogens is 460 g/mol.